The maximum Gasteiger partial charge on any atom is 0.216 e. The summed E-state index contributed by atoms with van der Waals surface area (Å²) in [4.78, 5) is 0. The van der Waals surface area contributed by atoms with Crippen LogP contribution in [0.1, 0.15) is 12.5 Å². The minimum atomic E-state index is 0.351. The third kappa shape index (κ3) is 4.40. The van der Waals surface area contributed by atoms with Crippen molar-refractivity contribution in [2.45, 2.75) is 6.92 Å². The molecule has 0 radical (unpaired) electrons. The molecule has 0 aliphatic rings. The smallest absolute Gasteiger partial charge is 0.216 e. The Kier molecular flexibility index (Phi) is 6.50. The number of aromatic nitrogens is 3. The van der Waals surface area contributed by atoms with E-state index >= 15 is 0 Å². The number of hydrogen-bond acceptors (Lipinski definition) is 7. The van der Waals surface area contributed by atoms with E-state index in [0.717, 1.165) is 11.3 Å². The third-order valence-corrected chi connectivity index (χ3v) is 4.37. The van der Waals surface area contributed by atoms with E-state index in [4.69, 9.17) is 31.2 Å². The van der Waals surface area contributed by atoms with Gasteiger partial charge in [0.1, 0.15) is 23.0 Å². The fraction of sp³-hybridized carbons (Fsp3) is 0.250. The molecule has 0 spiro atoms. The lowest BCUT2D eigenvalue weighted by Gasteiger charge is -2.12. The normalized spacial score (nSPS) is 10.9. The average molecular weight is 414 g/mol. The van der Waals surface area contributed by atoms with Crippen LogP contribution < -0.4 is 18.9 Å². The molecule has 0 bridgehead atoms. The maximum absolute atomic E-state index is 5.57. The van der Waals surface area contributed by atoms with Gasteiger partial charge in [-0.1, -0.05) is 12.1 Å². The van der Waals surface area contributed by atoms with Crippen LogP contribution in [0.4, 0.5) is 0 Å². The molecular formula is C20H22N4O4S. The molecule has 1 aromatic heterocycles. The molecule has 0 unspecified atom stereocenters. The van der Waals surface area contributed by atoms with Crippen LogP contribution in [0.2, 0.25) is 0 Å². The summed E-state index contributed by atoms with van der Waals surface area (Å²) in [6.07, 6.45) is 1.61. The Labute approximate surface area is 173 Å². The second-order valence-electron chi connectivity index (χ2n) is 5.82. The molecule has 2 aromatic carbocycles. The van der Waals surface area contributed by atoms with Crippen LogP contribution in [-0.4, -0.2) is 49.0 Å². The highest BCUT2D eigenvalue weighted by Crippen LogP contribution is 2.33. The molecule has 8 nitrogen and oxygen atoms in total. The standard InChI is InChI=1S/C20H22N4O4S/c1-5-28-14-8-6-7-13(9-14)19-22-23-20(29)24(19)21-12-16-17(26-3)10-15(25-2)11-18(16)27-4/h6-12H,5H2,1-4H3,(H,23,29)/b21-12+. The fourth-order valence-corrected chi connectivity index (χ4v) is 2.93. The van der Waals surface area contributed by atoms with Crippen molar-refractivity contribution in [3.63, 3.8) is 0 Å². The van der Waals surface area contributed by atoms with Gasteiger partial charge in [0, 0.05) is 17.7 Å². The van der Waals surface area contributed by atoms with Gasteiger partial charge < -0.3 is 18.9 Å². The molecule has 0 aliphatic carbocycles. The van der Waals surface area contributed by atoms with Gasteiger partial charge in [0.2, 0.25) is 4.77 Å². The van der Waals surface area contributed by atoms with E-state index in [1.54, 1.807) is 39.7 Å². The predicted molar refractivity (Wildman–Crippen MR) is 113 cm³/mol. The van der Waals surface area contributed by atoms with Gasteiger partial charge in [0.05, 0.1) is 39.7 Å². The summed E-state index contributed by atoms with van der Waals surface area (Å²) in [6.45, 7) is 2.51. The van der Waals surface area contributed by atoms with Crippen LogP contribution in [0.5, 0.6) is 23.0 Å². The van der Waals surface area contributed by atoms with Gasteiger partial charge in [-0.2, -0.15) is 14.9 Å². The number of ether oxygens (including phenoxy) is 4. The summed E-state index contributed by atoms with van der Waals surface area (Å²) in [5, 5.41) is 11.6. The predicted octanol–water partition coefficient (Wildman–Crippen LogP) is 3.91. The molecule has 0 atom stereocenters. The van der Waals surface area contributed by atoms with Crippen LogP contribution >= 0.6 is 12.2 Å². The first-order valence-electron chi connectivity index (χ1n) is 8.86. The summed E-state index contributed by atoms with van der Waals surface area (Å²) < 4.78 is 23.7. The number of rotatable bonds is 8. The quantitative estimate of drug-likeness (QED) is 0.444. The molecule has 1 heterocycles. The van der Waals surface area contributed by atoms with Crippen LogP contribution in [-0.2, 0) is 0 Å². The van der Waals surface area contributed by atoms with Crippen molar-refractivity contribution < 1.29 is 18.9 Å². The Bertz CT molecular complexity index is 1050. The lowest BCUT2D eigenvalue weighted by molar-refractivity contribution is 0.340. The van der Waals surface area contributed by atoms with E-state index < -0.39 is 0 Å². The van der Waals surface area contributed by atoms with Crippen molar-refractivity contribution in [3.8, 4) is 34.4 Å². The maximum atomic E-state index is 5.57. The Morgan fingerprint density at radius 3 is 2.41 bits per heavy atom. The van der Waals surface area contributed by atoms with Gasteiger partial charge in [0.15, 0.2) is 5.82 Å². The zero-order valence-electron chi connectivity index (χ0n) is 16.6. The van der Waals surface area contributed by atoms with E-state index in [2.05, 4.69) is 15.3 Å². The summed E-state index contributed by atoms with van der Waals surface area (Å²) in [7, 11) is 4.72. The van der Waals surface area contributed by atoms with Crippen LogP contribution in [0.3, 0.4) is 0 Å². The molecule has 3 aromatic rings. The van der Waals surface area contributed by atoms with Gasteiger partial charge >= 0.3 is 0 Å². The SMILES string of the molecule is CCOc1cccc(-c2n[nH]c(=S)n2/N=C/c2c(OC)cc(OC)cc2OC)c1. The first-order valence-corrected chi connectivity index (χ1v) is 9.27. The van der Waals surface area contributed by atoms with E-state index in [1.807, 2.05) is 31.2 Å². The van der Waals surface area contributed by atoms with E-state index in [9.17, 15) is 0 Å². The molecule has 0 saturated heterocycles. The highest BCUT2D eigenvalue weighted by molar-refractivity contribution is 7.71. The molecule has 0 aliphatic heterocycles. The lowest BCUT2D eigenvalue weighted by atomic mass is 10.2. The number of H-pyrrole nitrogens is 1. The van der Waals surface area contributed by atoms with Crippen molar-refractivity contribution in [2.24, 2.45) is 5.10 Å². The topological polar surface area (TPSA) is 82.9 Å². The molecule has 0 amide bonds. The van der Waals surface area contributed by atoms with E-state index in [0.29, 0.717) is 40.0 Å². The molecule has 9 heteroatoms. The number of methoxy groups -OCH3 is 3. The number of benzene rings is 2. The van der Waals surface area contributed by atoms with Gasteiger partial charge in [-0.25, -0.2) is 5.10 Å². The second kappa shape index (κ2) is 9.24. The van der Waals surface area contributed by atoms with Crippen LogP contribution in [0.15, 0.2) is 41.5 Å². The molecule has 0 fully saturated rings. The van der Waals surface area contributed by atoms with Crippen LogP contribution in [0, 0.1) is 4.77 Å². The molecule has 3 rings (SSSR count). The first-order chi connectivity index (χ1) is 14.1. The summed E-state index contributed by atoms with van der Waals surface area (Å²) in [5.41, 5.74) is 1.46. The van der Waals surface area contributed by atoms with E-state index in [1.165, 1.54) is 4.68 Å². The molecule has 29 heavy (non-hydrogen) atoms. The van der Waals surface area contributed by atoms with Crippen molar-refractivity contribution in [3.05, 3.63) is 46.7 Å². The number of hydrogen-bond donors (Lipinski definition) is 1. The Morgan fingerprint density at radius 1 is 1.07 bits per heavy atom. The summed E-state index contributed by atoms with van der Waals surface area (Å²) in [6, 6.07) is 11.1. The van der Waals surface area contributed by atoms with Crippen LogP contribution in [0.25, 0.3) is 11.4 Å². The minimum absolute atomic E-state index is 0.351. The Morgan fingerprint density at radius 2 is 1.79 bits per heavy atom. The fourth-order valence-electron chi connectivity index (χ4n) is 2.75. The van der Waals surface area contributed by atoms with Crippen molar-refractivity contribution in [1.29, 1.82) is 0 Å². The van der Waals surface area contributed by atoms with Gasteiger partial charge in [-0.05, 0) is 31.3 Å². The third-order valence-electron chi connectivity index (χ3n) is 4.11. The highest BCUT2D eigenvalue weighted by Gasteiger charge is 2.13. The molecular weight excluding hydrogens is 392 g/mol. The number of nitrogens with one attached hydrogen (secondary N) is 1. The summed E-state index contributed by atoms with van der Waals surface area (Å²) in [5.74, 6) is 3.02. The minimum Gasteiger partial charge on any atom is -0.496 e. The Hall–Kier alpha value is -3.33. The van der Waals surface area contributed by atoms with E-state index in [-0.39, 0.29) is 0 Å². The zero-order chi connectivity index (χ0) is 20.8. The van der Waals surface area contributed by atoms with Crippen molar-refractivity contribution in [2.75, 3.05) is 27.9 Å². The monoisotopic (exact) mass is 414 g/mol. The molecule has 152 valence electrons. The first kappa shape index (κ1) is 20.4. The van der Waals surface area contributed by atoms with Gasteiger partial charge in [-0.15, -0.1) is 0 Å². The van der Waals surface area contributed by atoms with Gasteiger partial charge in [-0.3, -0.25) is 0 Å². The molecule has 1 N–H and O–H groups in total. The zero-order valence-corrected chi connectivity index (χ0v) is 17.4. The van der Waals surface area contributed by atoms with Gasteiger partial charge in [0.25, 0.3) is 0 Å². The number of aromatic amines is 1. The highest BCUT2D eigenvalue weighted by atomic mass is 32.1. The summed E-state index contributed by atoms with van der Waals surface area (Å²) >= 11 is 5.35. The Balaban J connectivity index is 2.05. The molecule has 0 saturated carbocycles. The second-order valence-corrected chi connectivity index (χ2v) is 6.20. The van der Waals surface area contributed by atoms with Crippen molar-refractivity contribution >= 4 is 18.4 Å². The lowest BCUT2D eigenvalue weighted by Crippen LogP contribution is -2.00. The van der Waals surface area contributed by atoms with Crippen molar-refractivity contribution in [1.82, 2.24) is 14.9 Å². The largest absolute Gasteiger partial charge is 0.496 e. The average Bonchev–Trinajstić information content (AvgIpc) is 3.12. The number of nitrogens with zero attached hydrogens (tertiary/aromatic N) is 3.